The monoisotopic (exact) mass is 396 g/mol. The van der Waals surface area contributed by atoms with Gasteiger partial charge in [-0.2, -0.15) is 16.9 Å². The van der Waals surface area contributed by atoms with Gasteiger partial charge in [0.2, 0.25) is 15.7 Å². The van der Waals surface area contributed by atoms with Crippen LogP contribution in [0.4, 0.5) is 5.69 Å². The number of anilines is 1. The van der Waals surface area contributed by atoms with Gasteiger partial charge in [0.25, 0.3) is 0 Å². The summed E-state index contributed by atoms with van der Waals surface area (Å²) in [4.78, 5) is 18.6. The maximum Gasteiger partial charge on any atom is 0.230 e. The standard InChI is InChI=1S/C16H21ClN4O2SSi/c1-12(11-24-2)16(22)20(7-8-23-25-3)14-10-21(19-15(14)17)13-5-4-6-18-9-13/h4-6,9-10,12H,7-8,11H2,1-3H3. The van der Waals surface area contributed by atoms with Crippen LogP contribution in [0, 0.1) is 5.92 Å². The maximum atomic E-state index is 12.9. The van der Waals surface area contributed by atoms with Gasteiger partial charge in [-0.25, -0.2) is 4.68 Å². The van der Waals surface area contributed by atoms with Crippen LogP contribution in [-0.2, 0) is 9.22 Å². The van der Waals surface area contributed by atoms with Crippen molar-refractivity contribution in [1.82, 2.24) is 14.8 Å². The Balaban J connectivity index is 2.30. The summed E-state index contributed by atoms with van der Waals surface area (Å²) in [6, 6.07) is 3.70. The minimum absolute atomic E-state index is 0.0185. The van der Waals surface area contributed by atoms with Gasteiger partial charge < -0.3 is 9.33 Å². The third-order valence-corrected chi connectivity index (χ3v) is 5.11. The fourth-order valence-electron chi connectivity index (χ4n) is 2.32. The molecule has 0 spiro atoms. The summed E-state index contributed by atoms with van der Waals surface area (Å²) in [5.41, 5.74) is 1.37. The number of carbonyl (C=O) groups is 1. The van der Waals surface area contributed by atoms with Crippen LogP contribution >= 0.6 is 23.4 Å². The van der Waals surface area contributed by atoms with Gasteiger partial charge in [0.15, 0.2) is 5.15 Å². The van der Waals surface area contributed by atoms with Crippen LogP contribution in [0.15, 0.2) is 30.7 Å². The van der Waals surface area contributed by atoms with E-state index in [4.69, 9.17) is 16.0 Å². The molecule has 0 bridgehead atoms. The number of aromatic nitrogens is 3. The molecule has 0 fully saturated rings. The first-order valence-electron chi connectivity index (χ1n) is 7.83. The van der Waals surface area contributed by atoms with E-state index in [1.165, 1.54) is 0 Å². The molecule has 25 heavy (non-hydrogen) atoms. The summed E-state index contributed by atoms with van der Waals surface area (Å²) in [6.45, 7) is 4.78. The Morgan fingerprint density at radius 1 is 1.56 bits per heavy atom. The van der Waals surface area contributed by atoms with Crippen LogP contribution < -0.4 is 4.90 Å². The first-order valence-corrected chi connectivity index (χ1v) is 11.0. The van der Waals surface area contributed by atoms with Crippen LogP contribution in [0.2, 0.25) is 11.7 Å². The molecule has 1 amide bonds. The molecule has 0 aliphatic carbocycles. The van der Waals surface area contributed by atoms with Crippen molar-refractivity contribution in [2.75, 3.05) is 30.1 Å². The average Bonchev–Trinajstić information content (AvgIpc) is 3.01. The molecule has 2 radical (unpaired) electrons. The molecule has 0 saturated carbocycles. The minimum Gasteiger partial charge on any atom is -0.416 e. The molecule has 2 aromatic rings. The number of hydrogen-bond acceptors (Lipinski definition) is 5. The third-order valence-electron chi connectivity index (χ3n) is 3.52. The highest BCUT2D eigenvalue weighted by molar-refractivity contribution is 7.98. The summed E-state index contributed by atoms with van der Waals surface area (Å²) in [5, 5.41) is 4.61. The van der Waals surface area contributed by atoms with Gasteiger partial charge in [-0.1, -0.05) is 18.5 Å². The molecular formula is C16H21ClN4O2SSi. The minimum atomic E-state index is -0.114. The van der Waals surface area contributed by atoms with E-state index in [1.54, 1.807) is 39.9 Å². The summed E-state index contributed by atoms with van der Waals surface area (Å²) in [6.07, 6.45) is 7.13. The third kappa shape index (κ3) is 5.31. The molecule has 0 aliphatic rings. The Labute approximate surface area is 159 Å². The highest BCUT2D eigenvalue weighted by atomic mass is 35.5. The highest BCUT2D eigenvalue weighted by Crippen LogP contribution is 2.27. The van der Waals surface area contributed by atoms with Crippen LogP contribution in [0.25, 0.3) is 5.69 Å². The molecule has 0 aromatic carbocycles. The number of hydrogen-bond donors (Lipinski definition) is 0. The first kappa shape index (κ1) is 20.0. The van der Waals surface area contributed by atoms with E-state index in [9.17, 15) is 4.79 Å². The lowest BCUT2D eigenvalue weighted by molar-refractivity contribution is -0.121. The number of rotatable bonds is 9. The Morgan fingerprint density at radius 2 is 2.36 bits per heavy atom. The molecule has 6 nitrogen and oxygen atoms in total. The smallest absolute Gasteiger partial charge is 0.230 e. The number of halogens is 1. The molecule has 2 rings (SSSR count). The normalized spacial score (nSPS) is 12.2. The molecule has 0 N–H and O–H groups in total. The van der Waals surface area contributed by atoms with Crippen molar-refractivity contribution in [2.24, 2.45) is 5.92 Å². The topological polar surface area (TPSA) is 60.2 Å². The lowest BCUT2D eigenvalue weighted by Gasteiger charge is -2.24. The van der Waals surface area contributed by atoms with Gasteiger partial charge >= 0.3 is 0 Å². The second-order valence-electron chi connectivity index (χ2n) is 5.36. The van der Waals surface area contributed by atoms with Crippen molar-refractivity contribution in [2.45, 2.75) is 13.5 Å². The van der Waals surface area contributed by atoms with Crippen molar-refractivity contribution in [3.8, 4) is 5.69 Å². The Kier molecular flexibility index (Phi) is 7.95. The van der Waals surface area contributed by atoms with Gasteiger partial charge in [0.05, 0.1) is 24.7 Å². The van der Waals surface area contributed by atoms with Crippen molar-refractivity contribution >= 4 is 44.7 Å². The zero-order chi connectivity index (χ0) is 18.2. The summed E-state index contributed by atoms with van der Waals surface area (Å²) >= 11 is 7.98. The van der Waals surface area contributed by atoms with E-state index in [2.05, 4.69) is 10.1 Å². The zero-order valence-corrected chi connectivity index (χ0v) is 17.0. The van der Waals surface area contributed by atoms with Crippen molar-refractivity contribution in [3.63, 3.8) is 0 Å². The lowest BCUT2D eigenvalue weighted by atomic mass is 10.2. The lowest BCUT2D eigenvalue weighted by Crippen LogP contribution is -2.38. The number of thioether (sulfide) groups is 1. The van der Waals surface area contributed by atoms with Crippen LogP contribution in [0.5, 0.6) is 0 Å². The van der Waals surface area contributed by atoms with E-state index < -0.39 is 0 Å². The second kappa shape index (κ2) is 9.96. The molecule has 2 heterocycles. The zero-order valence-electron chi connectivity index (χ0n) is 14.5. The number of amides is 1. The van der Waals surface area contributed by atoms with Crippen molar-refractivity contribution in [3.05, 3.63) is 35.9 Å². The van der Waals surface area contributed by atoms with Gasteiger partial charge in [-0.3, -0.25) is 9.78 Å². The fourth-order valence-corrected chi connectivity index (χ4v) is 3.49. The van der Waals surface area contributed by atoms with Crippen LogP contribution in [0.1, 0.15) is 6.92 Å². The summed E-state index contributed by atoms with van der Waals surface area (Å²) in [5.74, 6) is 0.655. The maximum absolute atomic E-state index is 12.9. The van der Waals surface area contributed by atoms with Gasteiger partial charge in [-0.05, 0) is 24.9 Å². The van der Waals surface area contributed by atoms with E-state index in [1.807, 2.05) is 31.9 Å². The van der Waals surface area contributed by atoms with Gasteiger partial charge in [-0.15, -0.1) is 0 Å². The molecule has 0 saturated heterocycles. The average molecular weight is 397 g/mol. The number of carbonyl (C=O) groups excluding carboxylic acids is 1. The highest BCUT2D eigenvalue weighted by Gasteiger charge is 2.25. The number of nitrogens with zero attached hydrogens (tertiary/aromatic N) is 4. The van der Waals surface area contributed by atoms with E-state index in [0.717, 1.165) is 11.4 Å². The molecule has 0 aliphatic heterocycles. The van der Waals surface area contributed by atoms with E-state index in [0.29, 0.717) is 28.6 Å². The van der Waals surface area contributed by atoms with E-state index in [-0.39, 0.29) is 17.0 Å². The van der Waals surface area contributed by atoms with Gasteiger partial charge in [0.1, 0.15) is 5.69 Å². The molecular weight excluding hydrogens is 376 g/mol. The molecule has 9 heteroatoms. The van der Waals surface area contributed by atoms with E-state index >= 15 is 0 Å². The Bertz CT molecular complexity index is 686. The molecule has 2 aromatic heterocycles. The quantitative estimate of drug-likeness (QED) is 0.481. The Morgan fingerprint density at radius 3 is 3.00 bits per heavy atom. The SMILES string of the molecule is C[Si]OCCN(C(=O)C(C)CSC)c1cn(-c2cccnc2)nc1Cl. The molecule has 1 unspecified atom stereocenters. The fraction of sp³-hybridized carbons (Fsp3) is 0.438. The largest absolute Gasteiger partial charge is 0.416 e. The van der Waals surface area contributed by atoms with Crippen LogP contribution in [-0.4, -0.2) is 55.6 Å². The second-order valence-corrected chi connectivity index (χ2v) is 7.33. The predicted octanol–water partition coefficient (Wildman–Crippen LogP) is 2.94. The Hall–Kier alpha value is -1.35. The van der Waals surface area contributed by atoms with Crippen molar-refractivity contribution < 1.29 is 9.22 Å². The van der Waals surface area contributed by atoms with Crippen molar-refractivity contribution in [1.29, 1.82) is 0 Å². The summed E-state index contributed by atoms with van der Waals surface area (Å²) < 4.78 is 7.09. The van der Waals surface area contributed by atoms with Crippen LogP contribution in [0.3, 0.4) is 0 Å². The summed E-state index contributed by atoms with van der Waals surface area (Å²) in [7, 11) is 0.379. The number of pyridine rings is 1. The molecule has 1 atom stereocenters. The first-order chi connectivity index (χ1) is 12.1. The van der Waals surface area contributed by atoms with Gasteiger partial charge in [0, 0.05) is 24.4 Å². The predicted molar refractivity (Wildman–Crippen MR) is 104 cm³/mol. The molecule has 134 valence electrons.